The van der Waals surface area contributed by atoms with Gasteiger partial charge in [-0.2, -0.15) is 12.1 Å². The van der Waals surface area contributed by atoms with Gasteiger partial charge in [-0.1, -0.05) is 185 Å². The van der Waals surface area contributed by atoms with E-state index in [9.17, 15) is 0 Å². The van der Waals surface area contributed by atoms with E-state index in [-0.39, 0.29) is 0 Å². The molecule has 0 nitrogen and oxygen atoms in total. The van der Waals surface area contributed by atoms with Crippen molar-refractivity contribution in [3.8, 4) is 44.5 Å². The molecule has 56 heavy (non-hydrogen) atoms. The first kappa shape index (κ1) is 43.3. The average Bonchev–Trinajstić information content (AvgIpc) is 3.81. The Balaban J connectivity index is 0.000000188. The first-order valence-corrected chi connectivity index (χ1v) is 27.8. The van der Waals surface area contributed by atoms with E-state index < -0.39 is 20.8 Å². The maximum atomic E-state index is 4.93. The zero-order valence-corrected chi connectivity index (χ0v) is 38.5. The van der Waals surface area contributed by atoms with E-state index in [0.717, 1.165) is 22.4 Å². The Morgan fingerprint density at radius 3 is 1.04 bits per heavy atom. The summed E-state index contributed by atoms with van der Waals surface area (Å²) < 4.78 is 0. The van der Waals surface area contributed by atoms with Gasteiger partial charge >= 0.3 is 37.9 Å². The molecule has 0 unspecified atom stereocenters. The summed E-state index contributed by atoms with van der Waals surface area (Å²) in [6.07, 6.45) is 2.26. The molecule has 0 saturated heterocycles. The van der Waals surface area contributed by atoms with Crippen molar-refractivity contribution in [3.63, 3.8) is 0 Å². The second kappa shape index (κ2) is 22.2. The number of fused-ring (bicyclic) bond motifs is 2. The molecule has 0 saturated carbocycles. The Bertz CT molecular complexity index is 2170. The number of rotatable bonds is 8. The molecule has 8 aromatic rings. The zero-order chi connectivity index (χ0) is 39.9. The molecule has 0 aliphatic rings. The summed E-state index contributed by atoms with van der Waals surface area (Å²) in [6.45, 7) is 13.4. The molecule has 2 radical (unpaired) electrons. The van der Waals surface area contributed by atoms with E-state index in [1.165, 1.54) is 77.2 Å². The summed E-state index contributed by atoms with van der Waals surface area (Å²) in [7, 11) is 11.0. The topological polar surface area (TPSA) is 0 Å². The molecule has 4 heteroatoms. The standard InChI is InChI=1S/2C25H23.C2H6Si.2ClH.Zr/c2*1-18(2)15-19-16-22-13-14-23(20-9-5-3-6-10-20)25(24(22)17-19)21-11-7-4-8-12-21;1-3-2;;;/h2*3-14,16-18H,15H2,1-2H3;1-2H3;2*1H;/q2*-1;;;;+4/p-2. The summed E-state index contributed by atoms with van der Waals surface area (Å²) in [4.78, 5) is 0. The summed E-state index contributed by atoms with van der Waals surface area (Å²) in [5, 5.41) is 5.41. The van der Waals surface area contributed by atoms with Gasteiger partial charge in [0, 0.05) is 9.52 Å². The van der Waals surface area contributed by atoms with Crippen LogP contribution in [0.15, 0.2) is 170 Å². The second-order valence-corrected chi connectivity index (χ2v) is 19.7. The summed E-state index contributed by atoms with van der Waals surface area (Å²) in [5.74, 6) is 1.34. The van der Waals surface area contributed by atoms with Crippen molar-refractivity contribution in [1.29, 1.82) is 0 Å². The molecule has 8 rings (SSSR count). The Morgan fingerprint density at radius 1 is 0.464 bits per heavy atom. The predicted octanol–water partition coefficient (Wildman–Crippen LogP) is 16.3. The van der Waals surface area contributed by atoms with Crippen molar-refractivity contribution in [3.05, 3.63) is 181 Å². The molecular weight excluding hydrogens is 815 g/mol. The Labute approximate surface area is 357 Å². The van der Waals surface area contributed by atoms with Crippen LogP contribution >= 0.6 is 17.0 Å². The van der Waals surface area contributed by atoms with E-state index in [0.29, 0.717) is 11.8 Å². The predicted molar refractivity (Wildman–Crippen MR) is 247 cm³/mol. The molecule has 0 bridgehead atoms. The van der Waals surface area contributed by atoms with Crippen molar-refractivity contribution in [2.24, 2.45) is 11.8 Å². The van der Waals surface area contributed by atoms with Gasteiger partial charge in [-0.25, -0.2) is 0 Å². The molecule has 0 spiro atoms. The molecule has 0 amide bonds. The Morgan fingerprint density at radius 2 is 0.750 bits per heavy atom. The zero-order valence-electron chi connectivity index (χ0n) is 33.5. The maximum absolute atomic E-state index is 4.93. The number of benzene rings is 6. The minimum atomic E-state index is -0.826. The van der Waals surface area contributed by atoms with Crippen LogP contribution < -0.4 is 0 Å². The van der Waals surface area contributed by atoms with Gasteiger partial charge in [0.25, 0.3) is 0 Å². The van der Waals surface area contributed by atoms with E-state index >= 15 is 0 Å². The normalized spacial score (nSPS) is 10.6. The molecule has 0 aliphatic carbocycles. The summed E-state index contributed by atoms with van der Waals surface area (Å²) >= 11 is -0.826. The van der Waals surface area contributed by atoms with Gasteiger partial charge < -0.3 is 0 Å². The van der Waals surface area contributed by atoms with E-state index in [1.54, 1.807) is 0 Å². The van der Waals surface area contributed by atoms with Crippen molar-refractivity contribution in [2.75, 3.05) is 0 Å². The Kier molecular flexibility index (Phi) is 17.2. The molecule has 0 heterocycles. The van der Waals surface area contributed by atoms with Gasteiger partial charge in [0.1, 0.15) is 0 Å². The third-order valence-corrected chi connectivity index (χ3v) is 9.48. The SMILES string of the molecule is CC(C)Cc1cc2c(-c3ccccc3)c(-c3ccccc3)ccc2[cH-]1.CC(C)Cc1cc2c(-c3ccccc3)c(-c3ccccc3)ccc2[cH-]1.C[Si]C.[Cl][Zr+2][Cl]. The average molecular weight is 867 g/mol. The van der Waals surface area contributed by atoms with Crippen LogP contribution in [0.5, 0.6) is 0 Å². The monoisotopic (exact) mass is 864 g/mol. The fraction of sp³-hybridized carbons (Fsp3) is 0.192. The molecule has 0 atom stereocenters. The molecule has 0 fully saturated rings. The fourth-order valence-corrected chi connectivity index (χ4v) is 7.41. The number of hydrogen-bond donors (Lipinski definition) is 0. The number of halogens is 2. The molecule has 8 aromatic carbocycles. The van der Waals surface area contributed by atoms with Crippen LogP contribution in [0.2, 0.25) is 13.1 Å². The van der Waals surface area contributed by atoms with E-state index in [4.69, 9.17) is 17.0 Å². The van der Waals surface area contributed by atoms with Gasteiger partial charge in [-0.3, -0.25) is 0 Å². The third kappa shape index (κ3) is 11.6. The quantitative estimate of drug-likeness (QED) is 0.105. The first-order valence-electron chi connectivity index (χ1n) is 19.5. The van der Waals surface area contributed by atoms with Crippen LogP contribution in [0.3, 0.4) is 0 Å². The molecule has 0 aliphatic heterocycles. The molecule has 282 valence electrons. The summed E-state index contributed by atoms with van der Waals surface area (Å²) in [5.41, 5.74) is 13.3. The van der Waals surface area contributed by atoms with Crippen molar-refractivity contribution in [1.82, 2.24) is 0 Å². The van der Waals surface area contributed by atoms with Gasteiger partial charge in [-0.05, 0) is 58.1 Å². The second-order valence-electron chi connectivity index (χ2n) is 14.9. The molecule has 0 aromatic heterocycles. The van der Waals surface area contributed by atoms with Gasteiger partial charge in [0.05, 0.1) is 0 Å². The van der Waals surface area contributed by atoms with Crippen LogP contribution in [-0.4, -0.2) is 9.52 Å². The van der Waals surface area contributed by atoms with Crippen LogP contribution in [0, 0.1) is 11.8 Å². The van der Waals surface area contributed by atoms with Crippen LogP contribution in [0.4, 0.5) is 0 Å². The van der Waals surface area contributed by atoms with Crippen molar-refractivity contribution >= 4 is 48.1 Å². The van der Waals surface area contributed by atoms with Crippen LogP contribution in [0.1, 0.15) is 38.8 Å². The summed E-state index contributed by atoms with van der Waals surface area (Å²) in [6, 6.07) is 61.6. The van der Waals surface area contributed by atoms with Crippen LogP contribution in [-0.2, 0) is 33.7 Å². The van der Waals surface area contributed by atoms with Gasteiger partial charge in [-0.15, -0.1) is 56.9 Å². The van der Waals surface area contributed by atoms with E-state index in [2.05, 4.69) is 211 Å². The van der Waals surface area contributed by atoms with Gasteiger partial charge in [0.15, 0.2) is 0 Å². The third-order valence-electron chi connectivity index (χ3n) is 9.48. The minimum absolute atomic E-state index is 0.672. The van der Waals surface area contributed by atoms with Gasteiger partial charge in [0.2, 0.25) is 0 Å². The Hall–Kier alpha value is -3.78. The van der Waals surface area contributed by atoms with Crippen LogP contribution in [0.25, 0.3) is 66.1 Å². The first-order chi connectivity index (χ1) is 27.3. The van der Waals surface area contributed by atoms with Crippen molar-refractivity contribution in [2.45, 2.75) is 53.6 Å². The number of hydrogen-bond acceptors (Lipinski definition) is 0. The van der Waals surface area contributed by atoms with E-state index in [1.807, 2.05) is 0 Å². The van der Waals surface area contributed by atoms with Crippen molar-refractivity contribution < 1.29 is 20.8 Å². The fourth-order valence-electron chi connectivity index (χ4n) is 7.41. The molecule has 0 N–H and O–H groups in total. The molecular formula is C52H52Cl2SiZr.